The van der Waals surface area contributed by atoms with Crippen LogP contribution in [0.4, 0.5) is 0 Å². The van der Waals surface area contributed by atoms with Crippen LogP contribution in [0.2, 0.25) is 0 Å². The molecule has 0 aromatic rings. The number of hydrogen-bond donors (Lipinski definition) is 2. The molecule has 2 saturated heterocycles. The molecule has 0 bridgehead atoms. The SMILES string of the molecule is CCC(CC)N1CC(C(=O)NCCC2CCNC2)CC1=O. The Morgan fingerprint density at radius 2 is 2.19 bits per heavy atom. The number of nitrogens with zero attached hydrogens (tertiary/aromatic N) is 1. The second-order valence-corrected chi connectivity index (χ2v) is 6.36. The minimum Gasteiger partial charge on any atom is -0.356 e. The Bertz CT molecular complexity index is 363. The van der Waals surface area contributed by atoms with Crippen molar-refractivity contribution < 1.29 is 9.59 Å². The lowest BCUT2D eigenvalue weighted by Crippen LogP contribution is -2.38. The van der Waals surface area contributed by atoms with Crippen molar-refractivity contribution in [3.63, 3.8) is 0 Å². The number of amides is 2. The summed E-state index contributed by atoms with van der Waals surface area (Å²) >= 11 is 0. The normalized spacial score (nSPS) is 25.9. The van der Waals surface area contributed by atoms with Crippen molar-refractivity contribution >= 4 is 11.8 Å². The molecule has 2 unspecified atom stereocenters. The van der Waals surface area contributed by atoms with Crippen molar-refractivity contribution in [3.05, 3.63) is 0 Å². The number of carbonyl (C=O) groups excluding carboxylic acids is 2. The average Bonchev–Trinajstić information content (AvgIpc) is 3.11. The van der Waals surface area contributed by atoms with Gasteiger partial charge >= 0.3 is 0 Å². The van der Waals surface area contributed by atoms with E-state index in [4.69, 9.17) is 0 Å². The number of carbonyl (C=O) groups is 2. The lowest BCUT2D eigenvalue weighted by atomic mass is 10.0. The minimum absolute atomic E-state index is 0.0581. The van der Waals surface area contributed by atoms with E-state index in [1.165, 1.54) is 6.42 Å². The van der Waals surface area contributed by atoms with Gasteiger partial charge in [-0.25, -0.2) is 0 Å². The van der Waals surface area contributed by atoms with Gasteiger partial charge in [0.2, 0.25) is 11.8 Å². The van der Waals surface area contributed by atoms with Crippen LogP contribution in [0.25, 0.3) is 0 Å². The summed E-state index contributed by atoms with van der Waals surface area (Å²) in [5.74, 6) is 0.739. The largest absolute Gasteiger partial charge is 0.356 e. The Hall–Kier alpha value is -1.10. The van der Waals surface area contributed by atoms with Gasteiger partial charge in [-0.2, -0.15) is 0 Å². The number of hydrogen-bond acceptors (Lipinski definition) is 3. The van der Waals surface area contributed by atoms with Crippen LogP contribution in [0.5, 0.6) is 0 Å². The Kier molecular flexibility index (Phi) is 6.03. The fourth-order valence-corrected chi connectivity index (χ4v) is 3.49. The third-order valence-electron chi connectivity index (χ3n) is 4.93. The van der Waals surface area contributed by atoms with Gasteiger partial charge in [0.15, 0.2) is 0 Å². The molecule has 2 rings (SSSR count). The lowest BCUT2D eigenvalue weighted by Gasteiger charge is -2.26. The summed E-state index contributed by atoms with van der Waals surface area (Å²) in [4.78, 5) is 26.2. The molecule has 120 valence electrons. The molecule has 5 heteroatoms. The molecule has 0 aliphatic carbocycles. The maximum absolute atomic E-state index is 12.2. The van der Waals surface area contributed by atoms with Crippen LogP contribution in [0.3, 0.4) is 0 Å². The third kappa shape index (κ3) is 4.19. The maximum Gasteiger partial charge on any atom is 0.225 e. The zero-order chi connectivity index (χ0) is 15.2. The molecule has 0 radical (unpaired) electrons. The Morgan fingerprint density at radius 3 is 2.81 bits per heavy atom. The van der Waals surface area contributed by atoms with Gasteiger partial charge in [-0.3, -0.25) is 9.59 Å². The van der Waals surface area contributed by atoms with Crippen LogP contribution < -0.4 is 10.6 Å². The van der Waals surface area contributed by atoms with E-state index in [0.717, 1.165) is 38.9 Å². The van der Waals surface area contributed by atoms with Crippen LogP contribution in [-0.4, -0.2) is 48.9 Å². The second kappa shape index (κ2) is 7.78. The second-order valence-electron chi connectivity index (χ2n) is 6.36. The summed E-state index contributed by atoms with van der Waals surface area (Å²) in [6.07, 6.45) is 4.56. The molecule has 2 amide bonds. The van der Waals surface area contributed by atoms with Crippen molar-refractivity contribution in [3.8, 4) is 0 Å². The highest BCUT2D eigenvalue weighted by Gasteiger charge is 2.36. The molecule has 2 aliphatic rings. The molecule has 2 fully saturated rings. The van der Waals surface area contributed by atoms with Crippen LogP contribution >= 0.6 is 0 Å². The lowest BCUT2D eigenvalue weighted by molar-refractivity contribution is -0.130. The molecule has 2 aliphatic heterocycles. The van der Waals surface area contributed by atoms with Gasteiger partial charge in [0.25, 0.3) is 0 Å². The first-order valence-electron chi connectivity index (χ1n) is 8.43. The van der Waals surface area contributed by atoms with Gasteiger partial charge < -0.3 is 15.5 Å². The molecule has 2 N–H and O–H groups in total. The van der Waals surface area contributed by atoms with Crippen molar-refractivity contribution in [1.29, 1.82) is 0 Å². The van der Waals surface area contributed by atoms with E-state index in [1.54, 1.807) is 0 Å². The number of rotatable bonds is 7. The van der Waals surface area contributed by atoms with Gasteiger partial charge in [0.1, 0.15) is 0 Å². The Balaban J connectivity index is 1.74. The quantitative estimate of drug-likeness (QED) is 0.740. The first-order chi connectivity index (χ1) is 10.2. The molecule has 0 spiro atoms. The standard InChI is InChI=1S/C16H29N3O2/c1-3-14(4-2)19-11-13(9-15(19)20)16(21)18-8-6-12-5-7-17-10-12/h12-14,17H,3-11H2,1-2H3,(H,18,21). The summed E-state index contributed by atoms with van der Waals surface area (Å²) < 4.78 is 0. The third-order valence-corrected chi connectivity index (χ3v) is 4.93. The molecule has 0 aromatic carbocycles. The van der Waals surface area contributed by atoms with Gasteiger partial charge in [0, 0.05) is 25.6 Å². The summed E-state index contributed by atoms with van der Waals surface area (Å²) in [6.45, 7) is 7.71. The van der Waals surface area contributed by atoms with E-state index in [2.05, 4.69) is 24.5 Å². The fraction of sp³-hybridized carbons (Fsp3) is 0.875. The predicted molar refractivity (Wildman–Crippen MR) is 82.8 cm³/mol. The van der Waals surface area contributed by atoms with E-state index in [9.17, 15) is 9.59 Å². The molecule has 0 aromatic heterocycles. The summed E-state index contributed by atoms with van der Waals surface area (Å²) in [7, 11) is 0. The Morgan fingerprint density at radius 1 is 1.43 bits per heavy atom. The smallest absolute Gasteiger partial charge is 0.225 e. The topological polar surface area (TPSA) is 61.4 Å². The first-order valence-corrected chi connectivity index (χ1v) is 8.43. The zero-order valence-corrected chi connectivity index (χ0v) is 13.4. The molecule has 21 heavy (non-hydrogen) atoms. The molecule has 5 nitrogen and oxygen atoms in total. The maximum atomic E-state index is 12.2. The Labute approximate surface area is 127 Å². The molecule has 2 heterocycles. The fourth-order valence-electron chi connectivity index (χ4n) is 3.49. The van der Waals surface area contributed by atoms with Crippen molar-refractivity contribution in [2.45, 2.75) is 52.0 Å². The van der Waals surface area contributed by atoms with Crippen LogP contribution in [-0.2, 0) is 9.59 Å². The summed E-state index contributed by atoms with van der Waals surface area (Å²) in [6, 6.07) is 0.292. The number of likely N-dealkylation sites (tertiary alicyclic amines) is 1. The first kappa shape index (κ1) is 16.3. The summed E-state index contributed by atoms with van der Waals surface area (Å²) in [5.41, 5.74) is 0. The minimum atomic E-state index is -0.153. The van der Waals surface area contributed by atoms with Gasteiger partial charge in [0.05, 0.1) is 5.92 Å². The molecule has 2 atom stereocenters. The van der Waals surface area contributed by atoms with Gasteiger partial charge in [-0.15, -0.1) is 0 Å². The van der Waals surface area contributed by atoms with E-state index < -0.39 is 0 Å². The van der Waals surface area contributed by atoms with E-state index >= 15 is 0 Å². The highest BCUT2D eigenvalue weighted by molar-refractivity contribution is 5.89. The van der Waals surface area contributed by atoms with Crippen LogP contribution in [0, 0.1) is 11.8 Å². The molecular formula is C16H29N3O2. The van der Waals surface area contributed by atoms with E-state index in [-0.39, 0.29) is 17.7 Å². The number of nitrogens with one attached hydrogen (secondary N) is 2. The van der Waals surface area contributed by atoms with Crippen LogP contribution in [0.15, 0.2) is 0 Å². The van der Waals surface area contributed by atoms with Gasteiger partial charge in [-0.05, 0) is 44.7 Å². The molecular weight excluding hydrogens is 266 g/mol. The monoisotopic (exact) mass is 295 g/mol. The highest BCUT2D eigenvalue weighted by Crippen LogP contribution is 2.23. The van der Waals surface area contributed by atoms with Crippen molar-refractivity contribution in [1.82, 2.24) is 15.5 Å². The van der Waals surface area contributed by atoms with Crippen LogP contribution in [0.1, 0.15) is 46.0 Å². The van der Waals surface area contributed by atoms with Crippen molar-refractivity contribution in [2.24, 2.45) is 11.8 Å². The van der Waals surface area contributed by atoms with E-state index in [0.29, 0.717) is 24.9 Å². The molecule has 0 saturated carbocycles. The zero-order valence-electron chi connectivity index (χ0n) is 13.4. The van der Waals surface area contributed by atoms with Crippen molar-refractivity contribution in [2.75, 3.05) is 26.2 Å². The van der Waals surface area contributed by atoms with E-state index in [1.807, 2.05) is 4.90 Å². The highest BCUT2D eigenvalue weighted by atomic mass is 16.2. The summed E-state index contributed by atoms with van der Waals surface area (Å²) in [5, 5.41) is 6.36. The van der Waals surface area contributed by atoms with Gasteiger partial charge in [-0.1, -0.05) is 13.8 Å². The predicted octanol–water partition coefficient (Wildman–Crippen LogP) is 1.14. The average molecular weight is 295 g/mol.